The Labute approximate surface area is 205 Å². The molecule has 5 aromatic heterocycles. The SMILES string of the molecule is CNc1cn2ncc(Oc3cnc4nc(Nc5cc(C(F)(F)F)cn(C)c5=O)n(C)c4c3Cl)c2cn1. The third-order valence-electron chi connectivity index (χ3n) is 5.41. The fourth-order valence-electron chi connectivity index (χ4n) is 3.56. The van der Waals surface area contributed by atoms with Crippen LogP contribution in [0.1, 0.15) is 5.56 Å². The fourth-order valence-corrected chi connectivity index (χ4v) is 3.86. The Bertz CT molecular complexity index is 1690. The number of nitrogens with one attached hydrogen (secondary N) is 2. The molecule has 0 spiro atoms. The predicted octanol–water partition coefficient (Wildman–Crippen LogP) is 3.96. The van der Waals surface area contributed by atoms with Gasteiger partial charge in [0.2, 0.25) is 5.95 Å². The first-order valence-electron chi connectivity index (χ1n) is 10.3. The second-order valence-corrected chi connectivity index (χ2v) is 8.13. The van der Waals surface area contributed by atoms with E-state index in [1.807, 2.05) is 0 Å². The predicted molar refractivity (Wildman–Crippen MR) is 126 cm³/mol. The molecule has 0 aliphatic carbocycles. The average Bonchev–Trinajstić information content (AvgIpc) is 3.38. The molecule has 36 heavy (non-hydrogen) atoms. The average molecular weight is 520 g/mol. The maximum Gasteiger partial charge on any atom is 0.417 e. The number of hydrogen-bond acceptors (Lipinski definition) is 8. The molecule has 5 heterocycles. The first kappa shape index (κ1) is 23.4. The molecule has 0 aromatic carbocycles. The lowest BCUT2D eigenvalue weighted by Gasteiger charge is -2.12. The molecule has 0 saturated heterocycles. The Kier molecular flexibility index (Phi) is 5.47. The monoisotopic (exact) mass is 519 g/mol. The van der Waals surface area contributed by atoms with Crippen molar-refractivity contribution in [2.75, 3.05) is 17.7 Å². The number of pyridine rings is 2. The van der Waals surface area contributed by atoms with E-state index in [0.717, 1.165) is 16.8 Å². The highest BCUT2D eigenvalue weighted by molar-refractivity contribution is 6.36. The standard InChI is InChI=1S/C21H17ClF3N9O2/c1-26-15-9-34-12(5-27-15)13(7-29-34)36-14-6-28-18-17(16(14)22)33(3)20(31-18)30-11-4-10(21(23,24)25)8-32(2)19(11)35/h4-9,26H,1-3H3,(H,28,30,31). The topological polar surface area (TPSA) is 116 Å². The number of aromatic nitrogens is 7. The maximum absolute atomic E-state index is 13.2. The number of fused-ring (bicyclic) bond motifs is 2. The summed E-state index contributed by atoms with van der Waals surface area (Å²) in [7, 11) is 4.54. The summed E-state index contributed by atoms with van der Waals surface area (Å²) in [5.41, 5.74) is -0.839. The largest absolute Gasteiger partial charge is 0.450 e. The van der Waals surface area contributed by atoms with Gasteiger partial charge in [-0.15, -0.1) is 0 Å². The summed E-state index contributed by atoms with van der Waals surface area (Å²) in [6, 6.07) is 0.726. The van der Waals surface area contributed by atoms with E-state index >= 15 is 0 Å². The number of ether oxygens (including phenoxy) is 1. The summed E-state index contributed by atoms with van der Waals surface area (Å²) < 4.78 is 49.5. The lowest BCUT2D eigenvalue weighted by molar-refractivity contribution is -0.138. The van der Waals surface area contributed by atoms with Crippen LogP contribution in [-0.4, -0.2) is 40.7 Å². The zero-order valence-electron chi connectivity index (χ0n) is 18.9. The lowest BCUT2D eigenvalue weighted by Crippen LogP contribution is -2.23. The fraction of sp³-hybridized carbons (Fsp3) is 0.190. The summed E-state index contributed by atoms with van der Waals surface area (Å²) in [6.07, 6.45) is 2.21. The Balaban J connectivity index is 1.52. The van der Waals surface area contributed by atoms with Crippen LogP contribution in [0, 0.1) is 0 Å². The van der Waals surface area contributed by atoms with Crippen LogP contribution in [0.3, 0.4) is 0 Å². The second kappa shape index (κ2) is 8.41. The van der Waals surface area contributed by atoms with E-state index in [-0.39, 0.29) is 28.1 Å². The van der Waals surface area contributed by atoms with Gasteiger partial charge in [-0.2, -0.15) is 23.3 Å². The van der Waals surface area contributed by atoms with Crippen LogP contribution in [0.5, 0.6) is 11.5 Å². The van der Waals surface area contributed by atoms with E-state index in [2.05, 4.69) is 30.7 Å². The minimum Gasteiger partial charge on any atom is -0.450 e. The van der Waals surface area contributed by atoms with Gasteiger partial charge in [0.25, 0.3) is 5.56 Å². The summed E-state index contributed by atoms with van der Waals surface area (Å²) in [6.45, 7) is 0. The Hall–Kier alpha value is -4.33. The van der Waals surface area contributed by atoms with Gasteiger partial charge < -0.3 is 24.5 Å². The van der Waals surface area contributed by atoms with E-state index in [4.69, 9.17) is 16.3 Å². The lowest BCUT2D eigenvalue weighted by atomic mass is 10.2. The summed E-state index contributed by atoms with van der Waals surface area (Å²) in [5, 5.41) is 9.96. The minimum absolute atomic E-state index is 0.0627. The molecule has 5 aromatic rings. The van der Waals surface area contributed by atoms with E-state index in [1.165, 1.54) is 24.0 Å². The van der Waals surface area contributed by atoms with Crippen LogP contribution in [0.2, 0.25) is 5.02 Å². The molecule has 0 atom stereocenters. The van der Waals surface area contributed by atoms with E-state index in [9.17, 15) is 18.0 Å². The van der Waals surface area contributed by atoms with Crippen molar-refractivity contribution >= 4 is 45.7 Å². The number of rotatable bonds is 5. The van der Waals surface area contributed by atoms with Gasteiger partial charge in [0.05, 0.1) is 30.4 Å². The highest BCUT2D eigenvalue weighted by Gasteiger charge is 2.32. The summed E-state index contributed by atoms with van der Waals surface area (Å²) in [5.74, 6) is 1.25. The van der Waals surface area contributed by atoms with Crippen molar-refractivity contribution in [3.05, 3.63) is 58.0 Å². The number of hydrogen-bond donors (Lipinski definition) is 2. The van der Waals surface area contributed by atoms with Crippen molar-refractivity contribution in [2.24, 2.45) is 14.1 Å². The molecule has 0 aliphatic heterocycles. The molecule has 0 saturated carbocycles. The smallest absolute Gasteiger partial charge is 0.417 e. The number of alkyl halides is 3. The third-order valence-corrected chi connectivity index (χ3v) is 5.77. The van der Waals surface area contributed by atoms with Gasteiger partial charge in [-0.1, -0.05) is 11.6 Å². The van der Waals surface area contributed by atoms with Crippen LogP contribution in [0.4, 0.5) is 30.6 Å². The number of nitrogens with zero attached hydrogens (tertiary/aromatic N) is 7. The van der Waals surface area contributed by atoms with Gasteiger partial charge in [-0.25, -0.2) is 14.5 Å². The van der Waals surface area contributed by atoms with Gasteiger partial charge in [0.15, 0.2) is 17.1 Å². The molecule has 0 radical (unpaired) electrons. The quantitative estimate of drug-likeness (QED) is 0.358. The van der Waals surface area contributed by atoms with Gasteiger partial charge in [-0.05, 0) is 6.07 Å². The maximum atomic E-state index is 13.2. The van der Waals surface area contributed by atoms with Crippen LogP contribution in [0.15, 0.2) is 41.8 Å². The van der Waals surface area contributed by atoms with Crippen molar-refractivity contribution in [1.82, 2.24) is 33.7 Å². The Morgan fingerprint density at radius 3 is 2.58 bits per heavy atom. The molecule has 15 heteroatoms. The molecule has 11 nitrogen and oxygen atoms in total. The molecule has 0 amide bonds. The first-order chi connectivity index (χ1) is 17.1. The molecule has 0 fully saturated rings. The zero-order valence-corrected chi connectivity index (χ0v) is 19.7. The van der Waals surface area contributed by atoms with Crippen molar-refractivity contribution in [1.29, 1.82) is 0 Å². The van der Waals surface area contributed by atoms with Crippen LogP contribution in [-0.2, 0) is 20.3 Å². The molecule has 0 aliphatic rings. The van der Waals surface area contributed by atoms with Crippen LogP contribution in [0.25, 0.3) is 16.7 Å². The van der Waals surface area contributed by atoms with Gasteiger partial charge in [0, 0.05) is 27.3 Å². The number of imidazole rings is 1. The molecule has 2 N–H and O–H groups in total. The van der Waals surface area contributed by atoms with E-state index in [1.54, 1.807) is 31.0 Å². The van der Waals surface area contributed by atoms with Crippen molar-refractivity contribution in [2.45, 2.75) is 6.18 Å². The van der Waals surface area contributed by atoms with Crippen LogP contribution < -0.4 is 20.9 Å². The van der Waals surface area contributed by atoms with Gasteiger partial charge in [0.1, 0.15) is 27.6 Å². The first-order valence-corrected chi connectivity index (χ1v) is 10.7. The van der Waals surface area contributed by atoms with E-state index < -0.39 is 17.3 Å². The van der Waals surface area contributed by atoms with Gasteiger partial charge >= 0.3 is 6.18 Å². The van der Waals surface area contributed by atoms with Crippen molar-refractivity contribution in [3.8, 4) is 11.5 Å². The minimum atomic E-state index is -4.63. The molecule has 0 unspecified atom stereocenters. The molecular weight excluding hydrogens is 503 g/mol. The number of aryl methyl sites for hydroxylation is 2. The highest BCUT2D eigenvalue weighted by Crippen LogP contribution is 2.37. The van der Waals surface area contributed by atoms with Crippen LogP contribution >= 0.6 is 11.6 Å². The second-order valence-electron chi connectivity index (χ2n) is 7.75. The molecule has 186 valence electrons. The third kappa shape index (κ3) is 3.94. The number of halogens is 4. The van der Waals surface area contributed by atoms with Crippen molar-refractivity contribution < 1.29 is 17.9 Å². The Morgan fingerprint density at radius 2 is 1.86 bits per heavy atom. The molecule has 0 bridgehead atoms. The van der Waals surface area contributed by atoms with Crippen molar-refractivity contribution in [3.63, 3.8) is 0 Å². The zero-order chi connectivity index (χ0) is 25.8. The summed E-state index contributed by atoms with van der Waals surface area (Å²) in [4.78, 5) is 25.2. The van der Waals surface area contributed by atoms with Gasteiger partial charge in [-0.3, -0.25) is 4.79 Å². The normalized spacial score (nSPS) is 11.9. The number of anilines is 3. The molecule has 5 rings (SSSR count). The Morgan fingerprint density at radius 1 is 1.08 bits per heavy atom. The highest BCUT2D eigenvalue weighted by atomic mass is 35.5. The summed E-state index contributed by atoms with van der Waals surface area (Å²) >= 11 is 6.60. The van der Waals surface area contributed by atoms with E-state index in [0.29, 0.717) is 22.6 Å². The molecular formula is C21H17ClF3N9O2.